The molecule has 2 heteroatoms. The quantitative estimate of drug-likeness (QED) is 0.735. The number of unbranched alkanes of at least 4 members (excludes halogenated alkanes) is 1. The molecular formula is C15H23NO. The van der Waals surface area contributed by atoms with Gasteiger partial charge in [0.25, 0.3) is 0 Å². The Morgan fingerprint density at radius 2 is 2.00 bits per heavy atom. The van der Waals surface area contributed by atoms with Gasteiger partial charge < -0.3 is 10.5 Å². The summed E-state index contributed by atoms with van der Waals surface area (Å²) in [6.07, 6.45) is 6.00. The van der Waals surface area contributed by atoms with Crippen LogP contribution in [0.15, 0.2) is 24.3 Å². The lowest BCUT2D eigenvalue weighted by Crippen LogP contribution is -2.16. The molecule has 17 heavy (non-hydrogen) atoms. The number of hydrogen-bond donors (Lipinski definition) is 1. The Morgan fingerprint density at radius 1 is 1.24 bits per heavy atom. The lowest BCUT2D eigenvalue weighted by Gasteiger charge is -2.18. The molecule has 0 atom stereocenters. The molecule has 2 rings (SSSR count). The Kier molecular flexibility index (Phi) is 4.19. The zero-order valence-electron chi connectivity index (χ0n) is 10.7. The van der Waals surface area contributed by atoms with Gasteiger partial charge in [0.15, 0.2) is 0 Å². The Labute approximate surface area is 104 Å². The second kappa shape index (κ2) is 5.65. The molecular weight excluding hydrogens is 210 g/mol. The molecule has 0 radical (unpaired) electrons. The molecule has 1 saturated carbocycles. The molecule has 0 unspecified atom stereocenters. The van der Waals surface area contributed by atoms with Crippen LogP contribution in [0.25, 0.3) is 0 Å². The Bertz CT molecular complexity index is 358. The fraction of sp³-hybridized carbons (Fsp3) is 0.600. The summed E-state index contributed by atoms with van der Waals surface area (Å²) in [5, 5.41) is 0. The van der Waals surface area contributed by atoms with E-state index in [1.165, 1.54) is 30.4 Å². The molecule has 94 valence electrons. The van der Waals surface area contributed by atoms with Gasteiger partial charge in [0.1, 0.15) is 0 Å². The SMILES string of the molecule is COCC1(c2ccccc2CCCCN)CC1. The van der Waals surface area contributed by atoms with Crippen LogP contribution in [-0.2, 0) is 16.6 Å². The average molecular weight is 233 g/mol. The van der Waals surface area contributed by atoms with Crippen LogP contribution in [0.5, 0.6) is 0 Å². The standard InChI is InChI=1S/C15H23NO/c1-17-12-15(9-10-15)14-8-3-2-6-13(14)7-4-5-11-16/h2-3,6,8H,4-5,7,9-12,16H2,1H3. The lowest BCUT2D eigenvalue weighted by atomic mass is 9.90. The van der Waals surface area contributed by atoms with Crippen molar-refractivity contribution in [2.24, 2.45) is 5.73 Å². The highest BCUT2D eigenvalue weighted by Crippen LogP contribution is 2.49. The monoisotopic (exact) mass is 233 g/mol. The van der Waals surface area contributed by atoms with Crippen LogP contribution in [0.1, 0.15) is 36.8 Å². The number of nitrogens with two attached hydrogens (primary N) is 1. The molecule has 1 aliphatic rings. The lowest BCUT2D eigenvalue weighted by molar-refractivity contribution is 0.171. The van der Waals surface area contributed by atoms with Crippen molar-refractivity contribution in [3.63, 3.8) is 0 Å². The van der Waals surface area contributed by atoms with Gasteiger partial charge in [0.2, 0.25) is 0 Å². The van der Waals surface area contributed by atoms with Crippen molar-refractivity contribution in [2.45, 2.75) is 37.5 Å². The average Bonchev–Trinajstić information content (AvgIpc) is 3.11. The maximum atomic E-state index is 5.56. The van der Waals surface area contributed by atoms with Gasteiger partial charge in [-0.1, -0.05) is 24.3 Å². The second-order valence-electron chi connectivity index (χ2n) is 5.12. The first kappa shape index (κ1) is 12.6. The summed E-state index contributed by atoms with van der Waals surface area (Å²) in [4.78, 5) is 0. The number of ether oxygens (including phenoxy) is 1. The zero-order valence-corrected chi connectivity index (χ0v) is 10.7. The van der Waals surface area contributed by atoms with Crippen LogP contribution < -0.4 is 5.73 Å². The van der Waals surface area contributed by atoms with E-state index in [9.17, 15) is 0 Å². The van der Waals surface area contributed by atoms with E-state index in [0.717, 1.165) is 26.0 Å². The third-order valence-corrected chi connectivity index (χ3v) is 3.76. The van der Waals surface area contributed by atoms with Crippen molar-refractivity contribution in [1.82, 2.24) is 0 Å². The molecule has 0 aromatic heterocycles. The van der Waals surface area contributed by atoms with E-state index in [1.54, 1.807) is 7.11 Å². The molecule has 0 amide bonds. The van der Waals surface area contributed by atoms with Crippen LogP contribution >= 0.6 is 0 Å². The van der Waals surface area contributed by atoms with Gasteiger partial charge in [-0.2, -0.15) is 0 Å². The molecule has 2 nitrogen and oxygen atoms in total. The first-order chi connectivity index (χ1) is 8.32. The van der Waals surface area contributed by atoms with E-state index in [0.29, 0.717) is 5.41 Å². The predicted molar refractivity (Wildman–Crippen MR) is 71.2 cm³/mol. The maximum absolute atomic E-state index is 5.56. The first-order valence-electron chi connectivity index (χ1n) is 6.60. The summed E-state index contributed by atoms with van der Waals surface area (Å²) in [6, 6.07) is 8.84. The van der Waals surface area contributed by atoms with E-state index in [-0.39, 0.29) is 0 Å². The maximum Gasteiger partial charge on any atom is 0.0559 e. The topological polar surface area (TPSA) is 35.2 Å². The van der Waals surface area contributed by atoms with E-state index in [4.69, 9.17) is 10.5 Å². The second-order valence-corrected chi connectivity index (χ2v) is 5.12. The molecule has 0 spiro atoms. The van der Waals surface area contributed by atoms with Gasteiger partial charge in [-0.05, 0) is 49.8 Å². The van der Waals surface area contributed by atoms with Gasteiger partial charge in [-0.15, -0.1) is 0 Å². The molecule has 1 aromatic rings. The molecule has 0 saturated heterocycles. The minimum Gasteiger partial charge on any atom is -0.384 e. The molecule has 1 aromatic carbocycles. The summed E-state index contributed by atoms with van der Waals surface area (Å²) < 4.78 is 5.38. The highest BCUT2D eigenvalue weighted by atomic mass is 16.5. The van der Waals surface area contributed by atoms with Crippen LogP contribution in [-0.4, -0.2) is 20.3 Å². The Balaban J connectivity index is 2.10. The fourth-order valence-electron chi connectivity index (χ4n) is 2.63. The number of aryl methyl sites for hydroxylation is 1. The number of rotatable bonds is 7. The van der Waals surface area contributed by atoms with Gasteiger partial charge in [-0.3, -0.25) is 0 Å². The van der Waals surface area contributed by atoms with Crippen molar-refractivity contribution < 1.29 is 4.74 Å². The van der Waals surface area contributed by atoms with E-state index in [1.807, 2.05) is 0 Å². The Hall–Kier alpha value is -0.860. The molecule has 1 fully saturated rings. The Morgan fingerprint density at radius 3 is 2.65 bits per heavy atom. The summed E-state index contributed by atoms with van der Waals surface area (Å²) in [6.45, 7) is 1.66. The summed E-state index contributed by atoms with van der Waals surface area (Å²) >= 11 is 0. The van der Waals surface area contributed by atoms with Crippen molar-refractivity contribution in [3.05, 3.63) is 35.4 Å². The van der Waals surface area contributed by atoms with Crippen LogP contribution in [0.2, 0.25) is 0 Å². The van der Waals surface area contributed by atoms with E-state index >= 15 is 0 Å². The fourth-order valence-corrected chi connectivity index (χ4v) is 2.63. The van der Waals surface area contributed by atoms with Gasteiger partial charge in [-0.25, -0.2) is 0 Å². The summed E-state index contributed by atoms with van der Waals surface area (Å²) in [5.74, 6) is 0. The summed E-state index contributed by atoms with van der Waals surface area (Å²) in [5.41, 5.74) is 8.89. The minimum atomic E-state index is 0.327. The van der Waals surface area contributed by atoms with Crippen molar-refractivity contribution >= 4 is 0 Å². The highest BCUT2D eigenvalue weighted by molar-refractivity contribution is 5.38. The zero-order chi connectivity index (χ0) is 12.1. The van der Waals surface area contributed by atoms with Crippen molar-refractivity contribution in [2.75, 3.05) is 20.3 Å². The van der Waals surface area contributed by atoms with E-state index in [2.05, 4.69) is 24.3 Å². The smallest absolute Gasteiger partial charge is 0.0559 e. The minimum absolute atomic E-state index is 0.327. The molecule has 2 N–H and O–H groups in total. The normalized spacial score (nSPS) is 17.1. The third-order valence-electron chi connectivity index (χ3n) is 3.76. The molecule has 0 bridgehead atoms. The number of methoxy groups -OCH3 is 1. The van der Waals surface area contributed by atoms with Gasteiger partial charge in [0.05, 0.1) is 6.61 Å². The molecule has 0 heterocycles. The van der Waals surface area contributed by atoms with Crippen LogP contribution in [0.3, 0.4) is 0 Å². The van der Waals surface area contributed by atoms with Gasteiger partial charge in [0, 0.05) is 12.5 Å². The van der Waals surface area contributed by atoms with Crippen molar-refractivity contribution in [1.29, 1.82) is 0 Å². The largest absolute Gasteiger partial charge is 0.384 e. The number of benzene rings is 1. The first-order valence-corrected chi connectivity index (χ1v) is 6.60. The van der Waals surface area contributed by atoms with Crippen LogP contribution in [0, 0.1) is 0 Å². The predicted octanol–water partition coefficient (Wildman–Crippen LogP) is 2.65. The van der Waals surface area contributed by atoms with Gasteiger partial charge >= 0.3 is 0 Å². The van der Waals surface area contributed by atoms with Crippen molar-refractivity contribution in [3.8, 4) is 0 Å². The number of hydrogen-bond acceptors (Lipinski definition) is 2. The van der Waals surface area contributed by atoms with E-state index < -0.39 is 0 Å². The summed E-state index contributed by atoms with van der Waals surface area (Å²) in [7, 11) is 1.80. The highest BCUT2D eigenvalue weighted by Gasteiger charge is 2.45. The third kappa shape index (κ3) is 2.88. The molecule has 0 aliphatic heterocycles. The van der Waals surface area contributed by atoms with Crippen LogP contribution in [0.4, 0.5) is 0 Å². The molecule has 1 aliphatic carbocycles.